The van der Waals surface area contributed by atoms with Crippen LogP contribution >= 0.6 is 0 Å². The minimum atomic E-state index is -0.198. The third-order valence-electron chi connectivity index (χ3n) is 6.18. The van der Waals surface area contributed by atoms with Gasteiger partial charge in [-0.25, -0.2) is 0 Å². The van der Waals surface area contributed by atoms with Crippen LogP contribution in [0.3, 0.4) is 0 Å². The van der Waals surface area contributed by atoms with Gasteiger partial charge in [-0.1, -0.05) is 36.8 Å². The average Bonchev–Trinajstić information content (AvgIpc) is 3.34. The number of hydrogen-bond donors (Lipinski definition) is 1. The zero-order valence-corrected chi connectivity index (χ0v) is 17.9. The first-order valence-corrected chi connectivity index (χ1v) is 11.0. The van der Waals surface area contributed by atoms with E-state index in [4.69, 9.17) is 0 Å². The number of likely N-dealkylation sites (tertiary alicyclic amines) is 1. The van der Waals surface area contributed by atoms with Gasteiger partial charge >= 0.3 is 0 Å². The number of carbonyl (C=O) groups is 2. The molecule has 1 aromatic heterocycles. The van der Waals surface area contributed by atoms with Gasteiger partial charge in [0, 0.05) is 38.3 Å². The van der Waals surface area contributed by atoms with Crippen LogP contribution < -0.4 is 5.32 Å². The number of likely N-dealkylation sites (N-methyl/N-ethyl adjacent to an activating group) is 1. The van der Waals surface area contributed by atoms with Crippen molar-refractivity contribution in [3.8, 4) is 0 Å². The number of nitrogens with one attached hydrogen (secondary N) is 1. The van der Waals surface area contributed by atoms with E-state index in [1.807, 2.05) is 17.0 Å². The van der Waals surface area contributed by atoms with Crippen LogP contribution in [-0.2, 0) is 13.1 Å². The topological polar surface area (TPSA) is 70.5 Å². The molecule has 1 N–H and O–H groups in total. The standard InChI is InChI=1S/C23H31N5O2/c1-3-26-10-5-9-19(26)15-24-22(29)20-14-21-23(30)27(11-6-12-28(21)25-20)16-18-8-4-7-17(2)13-18/h4,7-8,13-14,19H,3,5-6,9-12,15-16H2,1-2H3,(H,24,29). The number of hydrogen-bond acceptors (Lipinski definition) is 4. The second-order valence-electron chi connectivity index (χ2n) is 8.34. The Morgan fingerprint density at radius 1 is 1.20 bits per heavy atom. The maximum absolute atomic E-state index is 13.1. The fourth-order valence-electron chi connectivity index (χ4n) is 4.57. The smallest absolute Gasteiger partial charge is 0.272 e. The van der Waals surface area contributed by atoms with Crippen molar-refractivity contribution in [3.05, 3.63) is 52.8 Å². The predicted molar refractivity (Wildman–Crippen MR) is 115 cm³/mol. The van der Waals surface area contributed by atoms with Gasteiger partial charge in [0.15, 0.2) is 5.69 Å². The van der Waals surface area contributed by atoms with Gasteiger partial charge in [0.25, 0.3) is 11.8 Å². The molecule has 2 aliphatic heterocycles. The maximum atomic E-state index is 13.1. The zero-order chi connectivity index (χ0) is 21.1. The number of carbonyl (C=O) groups excluding carboxylic acids is 2. The van der Waals surface area contributed by atoms with Crippen LogP contribution in [0, 0.1) is 6.92 Å². The third-order valence-corrected chi connectivity index (χ3v) is 6.18. The minimum Gasteiger partial charge on any atom is -0.349 e. The molecule has 1 atom stereocenters. The quantitative estimate of drug-likeness (QED) is 0.796. The van der Waals surface area contributed by atoms with Gasteiger partial charge < -0.3 is 10.2 Å². The molecule has 2 aliphatic rings. The van der Waals surface area contributed by atoms with E-state index in [2.05, 4.69) is 41.3 Å². The molecule has 4 rings (SSSR count). The van der Waals surface area contributed by atoms with Crippen molar-refractivity contribution in [2.24, 2.45) is 0 Å². The molecule has 160 valence electrons. The lowest BCUT2D eigenvalue weighted by Gasteiger charge is -2.22. The van der Waals surface area contributed by atoms with E-state index in [0.29, 0.717) is 43.6 Å². The number of aryl methyl sites for hydroxylation is 2. The van der Waals surface area contributed by atoms with Crippen LogP contribution in [0.4, 0.5) is 0 Å². The lowest BCUT2D eigenvalue weighted by molar-refractivity contribution is 0.0745. The Morgan fingerprint density at radius 3 is 2.87 bits per heavy atom. The van der Waals surface area contributed by atoms with Crippen molar-refractivity contribution < 1.29 is 9.59 Å². The monoisotopic (exact) mass is 409 g/mol. The second kappa shape index (κ2) is 9.00. The number of amides is 2. The summed E-state index contributed by atoms with van der Waals surface area (Å²) in [4.78, 5) is 30.1. The first-order valence-electron chi connectivity index (χ1n) is 11.0. The Bertz CT molecular complexity index is 922. The molecule has 0 radical (unpaired) electrons. The van der Waals surface area contributed by atoms with Gasteiger partial charge in [0.1, 0.15) is 5.69 Å². The highest BCUT2D eigenvalue weighted by atomic mass is 16.2. The molecular formula is C23H31N5O2. The van der Waals surface area contributed by atoms with Crippen LogP contribution in [0.25, 0.3) is 0 Å². The van der Waals surface area contributed by atoms with Gasteiger partial charge in [-0.15, -0.1) is 0 Å². The Hall–Kier alpha value is -2.67. The third kappa shape index (κ3) is 4.41. The number of benzene rings is 1. The van der Waals surface area contributed by atoms with Gasteiger partial charge in [-0.3, -0.25) is 19.2 Å². The molecule has 2 amide bonds. The molecule has 7 heteroatoms. The summed E-state index contributed by atoms with van der Waals surface area (Å²) in [5.74, 6) is -0.259. The number of rotatable bonds is 6. The maximum Gasteiger partial charge on any atom is 0.272 e. The van der Waals surface area contributed by atoms with Crippen LogP contribution in [-0.4, -0.2) is 63.6 Å². The molecular weight excluding hydrogens is 378 g/mol. The largest absolute Gasteiger partial charge is 0.349 e. The van der Waals surface area contributed by atoms with E-state index in [9.17, 15) is 9.59 Å². The minimum absolute atomic E-state index is 0.0616. The van der Waals surface area contributed by atoms with Crippen molar-refractivity contribution >= 4 is 11.8 Å². The normalized spacial score (nSPS) is 19.6. The van der Waals surface area contributed by atoms with Crippen LogP contribution in [0.15, 0.2) is 30.3 Å². The van der Waals surface area contributed by atoms with E-state index >= 15 is 0 Å². The molecule has 3 heterocycles. The molecule has 0 spiro atoms. The summed E-state index contributed by atoms with van der Waals surface area (Å²) in [6.45, 7) is 8.84. The molecule has 1 saturated heterocycles. The molecule has 30 heavy (non-hydrogen) atoms. The molecule has 1 aromatic carbocycles. The average molecular weight is 410 g/mol. The van der Waals surface area contributed by atoms with E-state index < -0.39 is 0 Å². The summed E-state index contributed by atoms with van der Waals surface area (Å²) in [5, 5.41) is 7.47. The van der Waals surface area contributed by atoms with E-state index in [-0.39, 0.29) is 11.8 Å². The van der Waals surface area contributed by atoms with Gasteiger partial charge in [0.05, 0.1) is 0 Å². The lowest BCUT2D eigenvalue weighted by Crippen LogP contribution is -2.40. The first kappa shape index (κ1) is 20.6. The molecule has 2 aromatic rings. The SMILES string of the molecule is CCN1CCCC1CNC(=O)c1cc2n(n1)CCCN(Cc1cccc(C)c1)C2=O. The molecule has 7 nitrogen and oxygen atoms in total. The molecule has 1 fully saturated rings. The van der Waals surface area contributed by atoms with Crippen molar-refractivity contribution in [2.45, 2.75) is 52.2 Å². The number of nitrogens with zero attached hydrogens (tertiary/aromatic N) is 4. The van der Waals surface area contributed by atoms with E-state index in [1.54, 1.807) is 10.7 Å². The van der Waals surface area contributed by atoms with Gasteiger partial charge in [-0.05, 0) is 44.8 Å². The summed E-state index contributed by atoms with van der Waals surface area (Å²) >= 11 is 0. The Morgan fingerprint density at radius 2 is 2.07 bits per heavy atom. The number of aromatic nitrogens is 2. The summed E-state index contributed by atoms with van der Waals surface area (Å²) in [5.41, 5.74) is 3.13. The lowest BCUT2D eigenvalue weighted by atomic mass is 10.1. The highest BCUT2D eigenvalue weighted by Gasteiger charge is 2.27. The highest BCUT2D eigenvalue weighted by Crippen LogP contribution is 2.18. The van der Waals surface area contributed by atoms with Crippen molar-refractivity contribution in [1.82, 2.24) is 24.9 Å². The number of fused-ring (bicyclic) bond motifs is 1. The summed E-state index contributed by atoms with van der Waals surface area (Å²) in [6, 6.07) is 10.3. The predicted octanol–water partition coefficient (Wildman–Crippen LogP) is 2.45. The Balaban J connectivity index is 1.44. The van der Waals surface area contributed by atoms with Crippen LogP contribution in [0.5, 0.6) is 0 Å². The first-order chi connectivity index (χ1) is 14.5. The summed E-state index contributed by atoms with van der Waals surface area (Å²) in [7, 11) is 0. The zero-order valence-electron chi connectivity index (χ0n) is 17.9. The van der Waals surface area contributed by atoms with Gasteiger partial charge in [0.2, 0.25) is 0 Å². The molecule has 0 saturated carbocycles. The fourth-order valence-corrected chi connectivity index (χ4v) is 4.57. The summed E-state index contributed by atoms with van der Waals surface area (Å²) < 4.78 is 1.70. The molecule has 0 bridgehead atoms. The fraction of sp³-hybridized carbons (Fsp3) is 0.522. The van der Waals surface area contributed by atoms with Crippen LogP contribution in [0.2, 0.25) is 0 Å². The van der Waals surface area contributed by atoms with Crippen LogP contribution in [0.1, 0.15) is 58.3 Å². The molecule has 0 aliphatic carbocycles. The molecule has 1 unspecified atom stereocenters. The van der Waals surface area contributed by atoms with Crippen molar-refractivity contribution in [1.29, 1.82) is 0 Å². The van der Waals surface area contributed by atoms with Crippen molar-refractivity contribution in [2.75, 3.05) is 26.2 Å². The Labute approximate surface area is 178 Å². The van der Waals surface area contributed by atoms with E-state index in [0.717, 1.165) is 31.5 Å². The van der Waals surface area contributed by atoms with Gasteiger partial charge in [-0.2, -0.15) is 5.10 Å². The second-order valence-corrected chi connectivity index (χ2v) is 8.34. The highest BCUT2D eigenvalue weighted by molar-refractivity contribution is 5.98. The Kier molecular flexibility index (Phi) is 6.18. The summed E-state index contributed by atoms with van der Waals surface area (Å²) in [6.07, 6.45) is 3.11. The van der Waals surface area contributed by atoms with Crippen molar-refractivity contribution in [3.63, 3.8) is 0 Å². The van der Waals surface area contributed by atoms with E-state index in [1.165, 1.54) is 12.0 Å².